The zero-order valence-electron chi connectivity index (χ0n) is 15.8. The van der Waals surface area contributed by atoms with Gasteiger partial charge in [-0.15, -0.1) is 0 Å². The monoisotopic (exact) mass is 377 g/mol. The van der Waals surface area contributed by atoms with Gasteiger partial charge in [-0.1, -0.05) is 48.5 Å². The number of ether oxygens (including phenoxy) is 2. The molecule has 0 bridgehead atoms. The molecule has 6 nitrogen and oxygen atoms in total. The smallest absolute Gasteiger partial charge is 0.245 e. The van der Waals surface area contributed by atoms with Gasteiger partial charge in [0.05, 0.1) is 25.8 Å². The van der Waals surface area contributed by atoms with E-state index < -0.39 is 5.79 Å². The van der Waals surface area contributed by atoms with Crippen LogP contribution in [0.3, 0.4) is 0 Å². The molecule has 0 radical (unpaired) electrons. The van der Waals surface area contributed by atoms with Crippen molar-refractivity contribution in [3.8, 4) is 0 Å². The molecule has 6 heteroatoms. The van der Waals surface area contributed by atoms with Gasteiger partial charge in [0.2, 0.25) is 5.91 Å². The molecule has 3 aromatic rings. The molecule has 1 amide bonds. The molecule has 2 aromatic carbocycles. The molecule has 2 heterocycles. The summed E-state index contributed by atoms with van der Waals surface area (Å²) in [7, 11) is 0. The topological polar surface area (TPSA) is 64.9 Å². The highest BCUT2D eigenvalue weighted by Crippen LogP contribution is 2.23. The van der Waals surface area contributed by atoms with Crippen LogP contribution < -0.4 is 5.43 Å². The minimum atomic E-state index is -0.856. The number of carbonyl (C=O) groups is 1. The lowest BCUT2D eigenvalue weighted by molar-refractivity contribution is -0.159. The van der Waals surface area contributed by atoms with Gasteiger partial charge in [-0.25, -0.2) is 5.43 Å². The van der Waals surface area contributed by atoms with Crippen LogP contribution in [-0.2, 0) is 20.8 Å². The van der Waals surface area contributed by atoms with Gasteiger partial charge in [0, 0.05) is 29.2 Å². The van der Waals surface area contributed by atoms with Gasteiger partial charge in [-0.3, -0.25) is 4.79 Å². The third kappa shape index (κ3) is 4.13. The third-order valence-electron chi connectivity index (χ3n) is 4.79. The molecule has 1 aromatic heterocycles. The number of rotatable bonds is 6. The number of hydrogen-bond acceptors (Lipinski definition) is 4. The molecule has 4 rings (SSSR count). The Kier molecular flexibility index (Phi) is 5.23. The lowest BCUT2D eigenvalue weighted by Gasteiger charge is -2.20. The van der Waals surface area contributed by atoms with Crippen LogP contribution in [0.25, 0.3) is 10.9 Å². The first-order chi connectivity index (χ1) is 13.6. The molecule has 1 fully saturated rings. The summed E-state index contributed by atoms with van der Waals surface area (Å²) in [4.78, 5) is 12.1. The molecule has 1 aliphatic heterocycles. The van der Waals surface area contributed by atoms with Crippen molar-refractivity contribution in [3.05, 3.63) is 71.9 Å². The van der Waals surface area contributed by atoms with Crippen LogP contribution >= 0.6 is 0 Å². The normalized spacial score (nSPS) is 16.0. The summed E-state index contributed by atoms with van der Waals surface area (Å²) >= 11 is 0. The number of aromatic nitrogens is 1. The van der Waals surface area contributed by atoms with E-state index in [1.165, 1.54) is 5.56 Å². The fraction of sp³-hybridized carbons (Fsp3) is 0.273. The van der Waals surface area contributed by atoms with Crippen molar-refractivity contribution in [2.75, 3.05) is 13.2 Å². The highest BCUT2D eigenvalue weighted by molar-refractivity contribution is 5.99. The lowest BCUT2D eigenvalue weighted by atomic mass is 10.2. The summed E-state index contributed by atoms with van der Waals surface area (Å²) in [6.45, 7) is 3.55. The Hall–Kier alpha value is -2.96. The van der Waals surface area contributed by atoms with Gasteiger partial charge in [0.25, 0.3) is 0 Å². The van der Waals surface area contributed by atoms with Crippen LogP contribution in [0.15, 0.2) is 65.9 Å². The Balaban J connectivity index is 1.49. The predicted octanol–water partition coefficient (Wildman–Crippen LogP) is 3.29. The van der Waals surface area contributed by atoms with E-state index in [-0.39, 0.29) is 12.3 Å². The van der Waals surface area contributed by atoms with Crippen molar-refractivity contribution < 1.29 is 14.3 Å². The summed E-state index contributed by atoms with van der Waals surface area (Å²) < 4.78 is 13.1. The predicted molar refractivity (Wildman–Crippen MR) is 108 cm³/mol. The maximum atomic E-state index is 12.1. The van der Waals surface area contributed by atoms with Crippen LogP contribution in [0, 0.1) is 0 Å². The molecule has 1 aliphatic rings. The Morgan fingerprint density at radius 3 is 2.64 bits per heavy atom. The molecule has 1 saturated heterocycles. The summed E-state index contributed by atoms with van der Waals surface area (Å²) in [5.41, 5.74) is 5.87. The van der Waals surface area contributed by atoms with Crippen molar-refractivity contribution in [3.63, 3.8) is 0 Å². The minimum Gasteiger partial charge on any atom is -0.347 e. The van der Waals surface area contributed by atoms with Gasteiger partial charge in [-0.05, 0) is 18.6 Å². The van der Waals surface area contributed by atoms with Crippen molar-refractivity contribution in [1.82, 2.24) is 9.99 Å². The zero-order valence-corrected chi connectivity index (χ0v) is 15.8. The van der Waals surface area contributed by atoms with Crippen LogP contribution in [0.1, 0.15) is 24.5 Å². The number of hydrogen-bond donors (Lipinski definition) is 1. The van der Waals surface area contributed by atoms with Crippen LogP contribution in [0.2, 0.25) is 0 Å². The van der Waals surface area contributed by atoms with Crippen LogP contribution in [0.4, 0.5) is 0 Å². The number of carbonyl (C=O) groups excluding carboxylic acids is 1. The Morgan fingerprint density at radius 1 is 1.14 bits per heavy atom. The van der Waals surface area contributed by atoms with Crippen molar-refractivity contribution >= 4 is 23.0 Å². The largest absolute Gasteiger partial charge is 0.347 e. The van der Waals surface area contributed by atoms with Gasteiger partial charge in [0.1, 0.15) is 0 Å². The van der Waals surface area contributed by atoms with E-state index in [0.717, 1.165) is 23.0 Å². The molecule has 0 saturated carbocycles. The number of nitrogens with zero attached hydrogens (tertiary/aromatic N) is 2. The molecule has 0 unspecified atom stereocenters. The second kappa shape index (κ2) is 7.96. The van der Waals surface area contributed by atoms with E-state index in [9.17, 15) is 4.79 Å². The number of amides is 1. The number of benzene rings is 2. The van der Waals surface area contributed by atoms with Crippen molar-refractivity contribution in [1.29, 1.82) is 0 Å². The Labute approximate surface area is 163 Å². The molecule has 0 aliphatic carbocycles. The molecular formula is C22H23N3O3. The molecule has 28 heavy (non-hydrogen) atoms. The summed E-state index contributed by atoms with van der Waals surface area (Å²) in [6, 6.07) is 18.5. The first-order valence-corrected chi connectivity index (χ1v) is 9.35. The number of fused-ring (bicyclic) bond motifs is 1. The highest BCUT2D eigenvalue weighted by atomic mass is 16.7. The molecule has 0 atom stereocenters. The van der Waals surface area contributed by atoms with Gasteiger partial charge >= 0.3 is 0 Å². The van der Waals surface area contributed by atoms with Crippen LogP contribution in [-0.4, -0.2) is 35.7 Å². The first kappa shape index (κ1) is 18.4. The number of nitrogens with one attached hydrogen (secondary N) is 1. The average Bonchev–Trinajstić information content (AvgIpc) is 3.27. The van der Waals surface area contributed by atoms with E-state index in [1.807, 2.05) is 30.3 Å². The first-order valence-electron chi connectivity index (χ1n) is 9.35. The summed E-state index contributed by atoms with van der Waals surface area (Å²) in [5.74, 6) is -1.10. The fourth-order valence-electron chi connectivity index (χ4n) is 3.45. The number of hydrazone groups is 1. The SMILES string of the molecule is CC1(CC(=O)N/N=C/c2cn(Cc3ccccc3)c3ccccc23)OCCO1. The molecule has 144 valence electrons. The fourth-order valence-corrected chi connectivity index (χ4v) is 3.45. The van der Waals surface area contributed by atoms with E-state index in [1.54, 1.807) is 13.1 Å². The third-order valence-corrected chi connectivity index (χ3v) is 4.79. The maximum Gasteiger partial charge on any atom is 0.245 e. The van der Waals surface area contributed by atoms with Gasteiger partial charge < -0.3 is 14.0 Å². The Morgan fingerprint density at radius 2 is 1.86 bits per heavy atom. The maximum absolute atomic E-state index is 12.1. The second-order valence-corrected chi connectivity index (χ2v) is 7.02. The van der Waals surface area contributed by atoms with E-state index in [2.05, 4.69) is 45.6 Å². The van der Waals surface area contributed by atoms with E-state index in [0.29, 0.717) is 13.2 Å². The average molecular weight is 377 g/mol. The Bertz CT molecular complexity index is 989. The zero-order chi connectivity index (χ0) is 19.4. The summed E-state index contributed by atoms with van der Waals surface area (Å²) in [6.07, 6.45) is 3.85. The summed E-state index contributed by atoms with van der Waals surface area (Å²) in [5, 5.41) is 5.22. The van der Waals surface area contributed by atoms with E-state index >= 15 is 0 Å². The van der Waals surface area contributed by atoms with Crippen LogP contribution in [0.5, 0.6) is 0 Å². The molecule has 1 N–H and O–H groups in total. The molecular weight excluding hydrogens is 354 g/mol. The van der Waals surface area contributed by atoms with Gasteiger partial charge in [0.15, 0.2) is 5.79 Å². The van der Waals surface area contributed by atoms with Crippen molar-refractivity contribution in [2.24, 2.45) is 5.10 Å². The standard InChI is InChI=1S/C22H23N3O3/c1-22(27-11-12-28-22)13-21(26)24-23-14-18-16-25(15-17-7-3-2-4-8-17)20-10-6-5-9-19(18)20/h2-10,14,16H,11-13,15H2,1H3,(H,24,26)/b23-14+. The quantitative estimate of drug-likeness (QED) is 0.530. The number of para-hydroxylation sites is 1. The minimum absolute atomic E-state index is 0.111. The second-order valence-electron chi connectivity index (χ2n) is 7.02. The molecule has 0 spiro atoms. The van der Waals surface area contributed by atoms with E-state index in [4.69, 9.17) is 9.47 Å². The van der Waals surface area contributed by atoms with Gasteiger partial charge in [-0.2, -0.15) is 5.10 Å². The lowest BCUT2D eigenvalue weighted by Crippen LogP contribution is -2.33. The highest BCUT2D eigenvalue weighted by Gasteiger charge is 2.33. The van der Waals surface area contributed by atoms with Crippen molar-refractivity contribution in [2.45, 2.75) is 25.7 Å².